The van der Waals surface area contributed by atoms with Gasteiger partial charge in [0.05, 0.1) is 32.9 Å². The molecule has 2 aromatic carbocycles. The fourth-order valence-corrected chi connectivity index (χ4v) is 5.81. The van der Waals surface area contributed by atoms with Crippen LogP contribution in [0.4, 0.5) is 5.69 Å². The smallest absolute Gasteiger partial charge is 0.261 e. The van der Waals surface area contributed by atoms with Crippen LogP contribution in [0, 0.1) is 6.92 Å². The molecule has 218 valence electrons. The lowest BCUT2D eigenvalue weighted by atomic mass is 10.0. The Bertz CT molecular complexity index is 1690. The Morgan fingerprint density at radius 2 is 1.86 bits per heavy atom. The minimum absolute atomic E-state index is 0.0128. The average molecular weight is 591 g/mol. The van der Waals surface area contributed by atoms with E-state index < -0.39 is 11.7 Å². The van der Waals surface area contributed by atoms with Gasteiger partial charge in [0, 0.05) is 18.8 Å². The molecule has 0 radical (unpaired) electrons. The van der Waals surface area contributed by atoms with Gasteiger partial charge >= 0.3 is 0 Å². The second kappa shape index (κ2) is 11.2. The molecule has 2 aliphatic heterocycles. The van der Waals surface area contributed by atoms with Gasteiger partial charge in [-0.05, 0) is 75.8 Å². The third kappa shape index (κ3) is 5.26. The molecule has 1 saturated heterocycles. The second-order valence-electron chi connectivity index (χ2n) is 10.9. The van der Waals surface area contributed by atoms with Crippen molar-refractivity contribution in [1.29, 1.82) is 0 Å². The zero-order chi connectivity index (χ0) is 29.5. The number of ether oxygens (including phenoxy) is 1. The van der Waals surface area contributed by atoms with Crippen LogP contribution in [0.25, 0.3) is 22.4 Å². The number of H-pyrrole nitrogens is 2. The predicted octanol–water partition coefficient (Wildman–Crippen LogP) is 3.42. The van der Waals surface area contributed by atoms with Crippen LogP contribution in [0.1, 0.15) is 39.1 Å². The molecule has 1 unspecified atom stereocenters. The highest BCUT2D eigenvalue weighted by Gasteiger charge is 2.41. The number of carbonyl (C=O) groups excluding carboxylic acids is 2. The van der Waals surface area contributed by atoms with Crippen LogP contribution in [-0.2, 0) is 0 Å². The number of aromatic nitrogens is 3. The van der Waals surface area contributed by atoms with Gasteiger partial charge in [-0.1, -0.05) is 17.7 Å². The van der Waals surface area contributed by atoms with E-state index in [4.69, 9.17) is 16.3 Å². The van der Waals surface area contributed by atoms with Crippen LogP contribution < -0.4 is 15.6 Å². The Morgan fingerprint density at radius 3 is 2.60 bits per heavy atom. The molecule has 2 aliphatic rings. The average Bonchev–Trinajstić information content (AvgIpc) is 3.48. The van der Waals surface area contributed by atoms with Crippen LogP contribution >= 0.6 is 11.6 Å². The Labute approximate surface area is 246 Å². The first-order valence-corrected chi connectivity index (χ1v) is 14.2. The fourth-order valence-electron chi connectivity index (χ4n) is 5.52. The molecule has 0 spiro atoms. The fraction of sp³-hybridized carbons (Fsp3) is 0.333. The third-order valence-electron chi connectivity index (χ3n) is 7.82. The lowest BCUT2D eigenvalue weighted by Gasteiger charge is -2.33. The van der Waals surface area contributed by atoms with Gasteiger partial charge in [-0.15, -0.1) is 0 Å². The Kier molecular flexibility index (Phi) is 7.48. The number of aromatic amines is 2. The molecular formula is C30H31ClN6O5. The number of aliphatic hydroxyl groups excluding tert-OH is 1. The number of carbonyl (C=O) groups is 2. The van der Waals surface area contributed by atoms with E-state index in [0.29, 0.717) is 38.6 Å². The van der Waals surface area contributed by atoms with Crippen molar-refractivity contribution in [1.82, 2.24) is 24.8 Å². The molecule has 12 heteroatoms. The summed E-state index contributed by atoms with van der Waals surface area (Å²) in [6.45, 7) is 3.66. The number of aliphatic hydroxyl groups is 1. The van der Waals surface area contributed by atoms with E-state index >= 15 is 0 Å². The van der Waals surface area contributed by atoms with Crippen LogP contribution in [-0.4, -0.2) is 87.1 Å². The number of halogens is 1. The standard InChI is InChI=1S/C30H31ClN6O5/c1-16-3-4-25(21(31)11-16)42-15-18(38)14-33-22-5-8-32-28(39)26(22)27-34-23-12-19-20(13-24(23)35-27)30(41)37(29(19)40)17-6-9-36(2)10-7-17/h3-5,8,11-13,17-18,38H,6-7,9-10,14-15H2,1-2H3,(H,34,35)(H2,32,33,39). The summed E-state index contributed by atoms with van der Waals surface area (Å²) in [5.41, 5.74) is 2.93. The molecule has 42 heavy (non-hydrogen) atoms. The number of rotatable bonds is 8. The summed E-state index contributed by atoms with van der Waals surface area (Å²) in [7, 11) is 2.03. The van der Waals surface area contributed by atoms with E-state index in [1.807, 2.05) is 20.0 Å². The van der Waals surface area contributed by atoms with E-state index in [2.05, 4.69) is 25.2 Å². The van der Waals surface area contributed by atoms with Crippen molar-refractivity contribution >= 4 is 40.1 Å². The number of anilines is 1. The molecule has 0 aliphatic carbocycles. The number of pyridine rings is 1. The number of hydrogen-bond donors (Lipinski definition) is 4. The van der Waals surface area contributed by atoms with Gasteiger partial charge in [0.15, 0.2) is 0 Å². The predicted molar refractivity (Wildman–Crippen MR) is 159 cm³/mol. The highest BCUT2D eigenvalue weighted by molar-refractivity contribution is 6.32. The molecule has 4 heterocycles. The maximum absolute atomic E-state index is 13.3. The first-order chi connectivity index (χ1) is 20.2. The molecule has 2 aromatic heterocycles. The molecule has 6 rings (SSSR count). The van der Waals surface area contributed by atoms with Gasteiger partial charge in [-0.25, -0.2) is 4.98 Å². The van der Waals surface area contributed by atoms with E-state index in [1.165, 1.54) is 11.1 Å². The molecule has 2 amide bonds. The first kappa shape index (κ1) is 28.0. The first-order valence-electron chi connectivity index (χ1n) is 13.8. The number of nitrogens with zero attached hydrogens (tertiary/aromatic N) is 3. The summed E-state index contributed by atoms with van der Waals surface area (Å²) in [5, 5.41) is 14.1. The number of fused-ring (bicyclic) bond motifs is 2. The largest absolute Gasteiger partial charge is 0.489 e. The number of likely N-dealkylation sites (tertiary alicyclic amines) is 1. The molecule has 4 aromatic rings. The molecule has 4 N–H and O–H groups in total. The number of aryl methyl sites for hydroxylation is 1. The number of amides is 2. The van der Waals surface area contributed by atoms with Crippen molar-refractivity contribution in [2.24, 2.45) is 0 Å². The maximum Gasteiger partial charge on any atom is 0.261 e. The minimum atomic E-state index is -0.905. The van der Waals surface area contributed by atoms with Gasteiger partial charge < -0.3 is 30.0 Å². The highest BCUT2D eigenvalue weighted by atomic mass is 35.5. The molecule has 11 nitrogen and oxygen atoms in total. The summed E-state index contributed by atoms with van der Waals surface area (Å²) < 4.78 is 5.66. The second-order valence-corrected chi connectivity index (χ2v) is 11.3. The summed E-state index contributed by atoms with van der Waals surface area (Å²) in [4.78, 5) is 53.5. The van der Waals surface area contributed by atoms with Gasteiger partial charge in [-0.3, -0.25) is 19.3 Å². The Morgan fingerprint density at radius 1 is 1.12 bits per heavy atom. The third-order valence-corrected chi connectivity index (χ3v) is 8.11. The van der Waals surface area contributed by atoms with Crippen LogP contribution in [0.5, 0.6) is 5.75 Å². The monoisotopic (exact) mass is 590 g/mol. The van der Waals surface area contributed by atoms with Crippen LogP contribution in [0.3, 0.4) is 0 Å². The lowest BCUT2D eigenvalue weighted by molar-refractivity contribution is 0.0516. The SMILES string of the molecule is Cc1ccc(OCC(O)CNc2cc[nH]c(=O)c2-c2nc3cc4c(cc3[nH]2)C(=O)N(C2CCN(C)CC2)C4=O)c(Cl)c1. The van der Waals surface area contributed by atoms with Crippen molar-refractivity contribution in [3.8, 4) is 17.1 Å². The Hall–Kier alpha value is -4.19. The molecule has 1 fully saturated rings. The maximum atomic E-state index is 13.3. The zero-order valence-electron chi connectivity index (χ0n) is 23.2. The van der Waals surface area contributed by atoms with Crippen LogP contribution in [0.15, 0.2) is 47.4 Å². The van der Waals surface area contributed by atoms with Crippen molar-refractivity contribution in [3.05, 3.63) is 74.7 Å². The number of benzene rings is 2. The zero-order valence-corrected chi connectivity index (χ0v) is 24.0. The summed E-state index contributed by atoms with van der Waals surface area (Å²) in [5.74, 6) is 0.130. The van der Waals surface area contributed by atoms with E-state index in [1.54, 1.807) is 30.3 Å². The number of nitrogens with one attached hydrogen (secondary N) is 3. The summed E-state index contributed by atoms with van der Waals surface area (Å²) in [6.07, 6.45) is 2.08. The topological polar surface area (TPSA) is 144 Å². The quantitative estimate of drug-likeness (QED) is 0.229. The van der Waals surface area contributed by atoms with Gasteiger partial charge in [0.2, 0.25) is 0 Å². The van der Waals surface area contributed by atoms with E-state index in [0.717, 1.165) is 31.5 Å². The van der Waals surface area contributed by atoms with E-state index in [9.17, 15) is 19.5 Å². The lowest BCUT2D eigenvalue weighted by Crippen LogP contribution is -2.46. The number of imide groups is 1. The highest BCUT2D eigenvalue weighted by Crippen LogP contribution is 2.33. The number of imidazole rings is 1. The minimum Gasteiger partial charge on any atom is -0.489 e. The number of piperidine rings is 1. The molecular weight excluding hydrogens is 560 g/mol. The number of hydrogen-bond acceptors (Lipinski definition) is 8. The van der Waals surface area contributed by atoms with Gasteiger partial charge in [-0.2, -0.15) is 0 Å². The van der Waals surface area contributed by atoms with Crippen molar-refractivity contribution in [2.75, 3.05) is 38.6 Å². The van der Waals surface area contributed by atoms with Crippen molar-refractivity contribution in [3.63, 3.8) is 0 Å². The van der Waals surface area contributed by atoms with Crippen LogP contribution in [0.2, 0.25) is 5.02 Å². The molecule has 0 saturated carbocycles. The van der Waals surface area contributed by atoms with E-state index in [-0.39, 0.29) is 42.4 Å². The Balaban J connectivity index is 1.20. The molecule has 1 atom stereocenters. The summed E-state index contributed by atoms with van der Waals surface area (Å²) >= 11 is 6.21. The van der Waals surface area contributed by atoms with Gasteiger partial charge in [0.25, 0.3) is 17.4 Å². The van der Waals surface area contributed by atoms with Crippen molar-refractivity contribution in [2.45, 2.75) is 31.9 Å². The normalized spacial score (nSPS) is 16.7. The van der Waals surface area contributed by atoms with Gasteiger partial charge in [0.1, 0.15) is 29.8 Å². The summed E-state index contributed by atoms with van der Waals surface area (Å²) in [6, 6.07) is 10.2. The van der Waals surface area contributed by atoms with Crippen molar-refractivity contribution < 1.29 is 19.4 Å². The molecule has 0 bridgehead atoms.